The number of halogens is 1. The van der Waals surface area contributed by atoms with Crippen molar-refractivity contribution < 1.29 is 14.3 Å². The second kappa shape index (κ2) is 8.53. The van der Waals surface area contributed by atoms with Crippen LogP contribution in [0.4, 0.5) is 11.6 Å². The van der Waals surface area contributed by atoms with Gasteiger partial charge in [0.25, 0.3) is 5.91 Å². The van der Waals surface area contributed by atoms with Gasteiger partial charge in [-0.25, -0.2) is 9.97 Å². The molecule has 25 heavy (non-hydrogen) atoms. The monoisotopic (exact) mass is 364 g/mol. The van der Waals surface area contributed by atoms with E-state index in [1.807, 2.05) is 6.92 Å². The zero-order valence-electron chi connectivity index (χ0n) is 14.6. The van der Waals surface area contributed by atoms with Crippen LogP contribution in [0.2, 0.25) is 5.02 Å². The van der Waals surface area contributed by atoms with Crippen molar-refractivity contribution in [3.63, 3.8) is 0 Å². The predicted octanol–water partition coefficient (Wildman–Crippen LogP) is 3.61. The number of nitrogens with zero attached hydrogens (tertiary/aromatic N) is 2. The number of carbonyl (C=O) groups is 1. The van der Waals surface area contributed by atoms with E-state index >= 15 is 0 Å². The average Bonchev–Trinajstić information content (AvgIpc) is 2.63. The lowest BCUT2D eigenvalue weighted by Crippen LogP contribution is -2.17. The lowest BCUT2D eigenvalue weighted by molar-refractivity contribution is 0.102. The van der Waals surface area contributed by atoms with Crippen molar-refractivity contribution in [2.24, 2.45) is 0 Å². The molecule has 1 atom stereocenters. The van der Waals surface area contributed by atoms with Crippen molar-refractivity contribution in [2.75, 3.05) is 24.9 Å². The maximum atomic E-state index is 12.4. The van der Waals surface area contributed by atoms with E-state index in [2.05, 4.69) is 27.5 Å². The van der Waals surface area contributed by atoms with E-state index in [0.717, 1.165) is 6.42 Å². The zero-order valence-corrected chi connectivity index (χ0v) is 15.3. The van der Waals surface area contributed by atoms with Crippen LogP contribution in [0.5, 0.6) is 11.5 Å². The summed E-state index contributed by atoms with van der Waals surface area (Å²) in [5, 5.41) is 6.28. The fraction of sp³-hybridized carbons (Fsp3) is 0.353. The Bertz CT molecular complexity index is 737. The van der Waals surface area contributed by atoms with Gasteiger partial charge < -0.3 is 20.1 Å². The number of carbonyl (C=O) groups excluding carboxylic acids is 1. The summed E-state index contributed by atoms with van der Waals surface area (Å²) in [5.74, 6) is 0.978. The van der Waals surface area contributed by atoms with Crippen molar-refractivity contribution in [1.29, 1.82) is 0 Å². The molecule has 0 aliphatic heterocycles. The molecule has 0 spiro atoms. The SMILES string of the molecule is CCC(C)Nc1ncc(C(=O)Nc2cc(OC)c(Cl)cc2OC)cn1. The summed E-state index contributed by atoms with van der Waals surface area (Å²) in [4.78, 5) is 20.7. The molecule has 1 amide bonds. The number of ether oxygens (including phenoxy) is 2. The first kappa shape index (κ1) is 18.8. The van der Waals surface area contributed by atoms with Gasteiger partial charge in [0.15, 0.2) is 0 Å². The van der Waals surface area contributed by atoms with Gasteiger partial charge in [-0.2, -0.15) is 0 Å². The molecule has 2 N–H and O–H groups in total. The molecule has 2 rings (SSSR count). The van der Waals surface area contributed by atoms with E-state index in [1.54, 1.807) is 12.1 Å². The number of hydrogen-bond acceptors (Lipinski definition) is 6. The summed E-state index contributed by atoms with van der Waals surface area (Å²) in [6, 6.07) is 3.43. The van der Waals surface area contributed by atoms with Gasteiger partial charge in [-0.15, -0.1) is 0 Å². The molecule has 0 bridgehead atoms. The number of aromatic nitrogens is 2. The van der Waals surface area contributed by atoms with Gasteiger partial charge >= 0.3 is 0 Å². The van der Waals surface area contributed by atoms with Crippen molar-refractivity contribution in [2.45, 2.75) is 26.3 Å². The molecule has 0 saturated carbocycles. The first-order valence-corrected chi connectivity index (χ1v) is 8.17. The first-order valence-electron chi connectivity index (χ1n) is 7.79. The largest absolute Gasteiger partial charge is 0.495 e. The summed E-state index contributed by atoms with van der Waals surface area (Å²) in [6.45, 7) is 4.09. The second-order valence-corrected chi connectivity index (χ2v) is 5.80. The van der Waals surface area contributed by atoms with Crippen molar-refractivity contribution in [3.05, 3.63) is 35.1 Å². The number of hydrogen-bond donors (Lipinski definition) is 2. The highest BCUT2D eigenvalue weighted by Gasteiger charge is 2.14. The lowest BCUT2D eigenvalue weighted by atomic mass is 10.2. The fourth-order valence-corrected chi connectivity index (χ4v) is 2.23. The molecular weight excluding hydrogens is 344 g/mol. The second-order valence-electron chi connectivity index (χ2n) is 5.39. The van der Waals surface area contributed by atoms with Gasteiger partial charge in [-0.1, -0.05) is 18.5 Å². The third-order valence-corrected chi connectivity index (χ3v) is 3.92. The van der Waals surface area contributed by atoms with Gasteiger partial charge in [0.2, 0.25) is 5.95 Å². The van der Waals surface area contributed by atoms with Crippen molar-refractivity contribution >= 4 is 29.1 Å². The number of methoxy groups -OCH3 is 2. The third kappa shape index (κ3) is 4.73. The number of nitrogens with one attached hydrogen (secondary N) is 2. The van der Waals surface area contributed by atoms with Gasteiger partial charge in [0.1, 0.15) is 11.5 Å². The highest BCUT2D eigenvalue weighted by atomic mass is 35.5. The topological polar surface area (TPSA) is 85.4 Å². The maximum Gasteiger partial charge on any atom is 0.258 e. The van der Waals surface area contributed by atoms with Crippen LogP contribution >= 0.6 is 11.6 Å². The third-order valence-electron chi connectivity index (χ3n) is 3.62. The molecule has 1 heterocycles. The quantitative estimate of drug-likeness (QED) is 0.780. The van der Waals surface area contributed by atoms with Gasteiger partial charge in [0, 0.05) is 30.6 Å². The van der Waals surface area contributed by atoms with E-state index in [9.17, 15) is 4.79 Å². The molecule has 0 aliphatic carbocycles. The molecule has 134 valence electrons. The number of anilines is 2. The van der Waals surface area contributed by atoms with Crippen LogP contribution in [0.1, 0.15) is 30.6 Å². The molecule has 0 radical (unpaired) electrons. The standard InChI is InChI=1S/C17H21ClN4O3/c1-5-10(2)21-17-19-8-11(9-20-17)16(23)22-13-7-14(24-3)12(18)6-15(13)25-4/h6-10H,5H2,1-4H3,(H,22,23)(H,19,20,21). The van der Waals surface area contributed by atoms with Crippen LogP contribution in [-0.4, -0.2) is 36.1 Å². The summed E-state index contributed by atoms with van der Waals surface area (Å²) < 4.78 is 10.4. The summed E-state index contributed by atoms with van der Waals surface area (Å²) in [5.41, 5.74) is 0.765. The minimum Gasteiger partial charge on any atom is -0.495 e. The van der Waals surface area contributed by atoms with Crippen molar-refractivity contribution in [3.8, 4) is 11.5 Å². The molecule has 1 aromatic heterocycles. The van der Waals surface area contributed by atoms with E-state index < -0.39 is 0 Å². The smallest absolute Gasteiger partial charge is 0.258 e. The lowest BCUT2D eigenvalue weighted by Gasteiger charge is -2.13. The van der Waals surface area contributed by atoms with Crippen LogP contribution in [0, 0.1) is 0 Å². The van der Waals surface area contributed by atoms with Crippen LogP contribution in [0.15, 0.2) is 24.5 Å². The van der Waals surface area contributed by atoms with Gasteiger partial charge in [-0.3, -0.25) is 4.79 Å². The summed E-state index contributed by atoms with van der Waals surface area (Å²) in [7, 11) is 2.99. The molecule has 0 fully saturated rings. The Labute approximate surface area is 151 Å². The number of rotatable bonds is 7. The maximum absolute atomic E-state index is 12.4. The van der Waals surface area contributed by atoms with E-state index in [0.29, 0.717) is 33.7 Å². The van der Waals surface area contributed by atoms with Gasteiger partial charge in [-0.05, 0) is 13.3 Å². The Kier molecular flexibility index (Phi) is 6.41. The minimum atomic E-state index is -0.363. The predicted molar refractivity (Wildman–Crippen MR) is 97.9 cm³/mol. The van der Waals surface area contributed by atoms with E-state index in [-0.39, 0.29) is 11.9 Å². The number of benzene rings is 1. The van der Waals surface area contributed by atoms with Gasteiger partial charge in [0.05, 0.1) is 30.5 Å². The Morgan fingerprint density at radius 2 is 1.84 bits per heavy atom. The Hall–Kier alpha value is -2.54. The van der Waals surface area contributed by atoms with E-state index in [1.165, 1.54) is 26.6 Å². The summed E-state index contributed by atoms with van der Waals surface area (Å²) in [6.07, 6.45) is 3.88. The van der Waals surface area contributed by atoms with Crippen LogP contribution in [-0.2, 0) is 0 Å². The highest BCUT2D eigenvalue weighted by Crippen LogP contribution is 2.36. The molecule has 1 aromatic carbocycles. The zero-order chi connectivity index (χ0) is 18.4. The Balaban J connectivity index is 2.16. The molecule has 2 aromatic rings. The molecule has 0 aliphatic rings. The molecule has 7 nitrogen and oxygen atoms in total. The van der Waals surface area contributed by atoms with Crippen LogP contribution < -0.4 is 20.1 Å². The van der Waals surface area contributed by atoms with Crippen LogP contribution in [0.3, 0.4) is 0 Å². The average molecular weight is 365 g/mol. The molecular formula is C17H21ClN4O3. The fourth-order valence-electron chi connectivity index (χ4n) is 1.99. The normalized spacial score (nSPS) is 11.6. The number of amides is 1. The first-order chi connectivity index (χ1) is 12.0. The molecule has 0 saturated heterocycles. The highest BCUT2D eigenvalue weighted by molar-refractivity contribution is 6.32. The Morgan fingerprint density at radius 1 is 1.20 bits per heavy atom. The Morgan fingerprint density at radius 3 is 2.40 bits per heavy atom. The summed E-state index contributed by atoms with van der Waals surface area (Å²) >= 11 is 6.06. The minimum absolute atomic E-state index is 0.255. The van der Waals surface area contributed by atoms with Crippen molar-refractivity contribution in [1.82, 2.24) is 9.97 Å². The van der Waals surface area contributed by atoms with Crippen LogP contribution in [0.25, 0.3) is 0 Å². The van der Waals surface area contributed by atoms with E-state index in [4.69, 9.17) is 21.1 Å². The molecule has 1 unspecified atom stereocenters. The molecule has 8 heteroatoms.